The summed E-state index contributed by atoms with van der Waals surface area (Å²) in [7, 11) is 0. The summed E-state index contributed by atoms with van der Waals surface area (Å²) in [6, 6.07) is 9.57. The second-order valence-corrected chi connectivity index (χ2v) is 6.21. The van der Waals surface area contributed by atoms with Crippen molar-refractivity contribution in [2.45, 2.75) is 32.1 Å². The number of nitro groups is 1. The van der Waals surface area contributed by atoms with E-state index in [2.05, 4.69) is 0 Å². The van der Waals surface area contributed by atoms with Crippen molar-refractivity contribution >= 4 is 16.7 Å². The number of aryl methyl sites for hydroxylation is 1. The van der Waals surface area contributed by atoms with Gasteiger partial charge in [-0.05, 0) is 55.5 Å². The monoisotopic (exact) mass is 325 g/mol. The number of halogens is 1. The molecule has 0 aliphatic heterocycles. The third kappa shape index (κ3) is 2.37. The number of nitrogens with zero attached hydrogens (tertiary/aromatic N) is 1. The first-order valence-corrected chi connectivity index (χ1v) is 8.08. The van der Waals surface area contributed by atoms with Crippen molar-refractivity contribution in [2.24, 2.45) is 0 Å². The highest BCUT2D eigenvalue weighted by atomic mass is 19.1. The van der Waals surface area contributed by atoms with Crippen molar-refractivity contribution in [3.63, 3.8) is 0 Å². The number of nitro benzene ring substituents is 1. The molecule has 2 aromatic carbocycles. The highest BCUT2D eigenvalue weighted by Gasteiger charge is 2.32. The maximum atomic E-state index is 13.2. The molecular weight excluding hydrogens is 309 g/mol. The van der Waals surface area contributed by atoms with Gasteiger partial charge in [-0.1, -0.05) is 6.92 Å². The van der Waals surface area contributed by atoms with E-state index in [9.17, 15) is 14.5 Å². The van der Waals surface area contributed by atoms with Crippen LogP contribution in [-0.4, -0.2) is 4.92 Å². The maximum Gasteiger partial charge on any atom is 0.276 e. The first-order valence-electron chi connectivity index (χ1n) is 8.08. The fraction of sp³-hybridized carbons (Fsp3) is 0.263. The molecule has 1 aliphatic rings. The molecule has 0 spiro atoms. The molecule has 1 aromatic heterocycles. The van der Waals surface area contributed by atoms with Gasteiger partial charge >= 0.3 is 0 Å². The Morgan fingerprint density at radius 3 is 2.54 bits per heavy atom. The van der Waals surface area contributed by atoms with E-state index in [1.807, 2.05) is 13.0 Å². The smallest absolute Gasteiger partial charge is 0.276 e. The van der Waals surface area contributed by atoms with Crippen LogP contribution in [0.15, 0.2) is 40.8 Å². The number of rotatable bonds is 4. The summed E-state index contributed by atoms with van der Waals surface area (Å²) in [5.41, 5.74) is 3.23. The minimum absolute atomic E-state index is 0.132. The molecule has 1 saturated carbocycles. The van der Waals surface area contributed by atoms with Crippen LogP contribution in [0.3, 0.4) is 0 Å². The van der Waals surface area contributed by atoms with E-state index in [4.69, 9.17) is 4.42 Å². The van der Waals surface area contributed by atoms with E-state index in [0.29, 0.717) is 11.3 Å². The highest BCUT2D eigenvalue weighted by Crippen LogP contribution is 2.47. The third-order valence-electron chi connectivity index (χ3n) is 4.61. The zero-order chi connectivity index (χ0) is 16.8. The Hall–Kier alpha value is -2.69. The number of hydrogen-bond donors (Lipinski definition) is 0. The predicted molar refractivity (Wildman–Crippen MR) is 89.6 cm³/mol. The molecule has 1 fully saturated rings. The molecular formula is C19H16FNO3. The summed E-state index contributed by atoms with van der Waals surface area (Å²) in [6.07, 6.45) is 2.73. The highest BCUT2D eigenvalue weighted by molar-refractivity contribution is 5.90. The van der Waals surface area contributed by atoms with Crippen molar-refractivity contribution < 1.29 is 13.7 Å². The molecule has 0 bridgehead atoms. The summed E-state index contributed by atoms with van der Waals surface area (Å²) in [6.45, 7) is 2.02. The number of hydrogen-bond acceptors (Lipinski definition) is 3. The van der Waals surface area contributed by atoms with Gasteiger partial charge in [0.25, 0.3) is 5.69 Å². The van der Waals surface area contributed by atoms with Crippen molar-refractivity contribution in [1.29, 1.82) is 0 Å². The van der Waals surface area contributed by atoms with Crippen LogP contribution in [0, 0.1) is 15.9 Å². The molecule has 0 N–H and O–H groups in total. The average molecular weight is 325 g/mol. The largest absolute Gasteiger partial charge is 0.456 e. The molecule has 1 aliphatic carbocycles. The Kier molecular flexibility index (Phi) is 3.37. The Morgan fingerprint density at radius 1 is 1.25 bits per heavy atom. The van der Waals surface area contributed by atoms with Crippen molar-refractivity contribution in [3.8, 4) is 11.3 Å². The lowest BCUT2D eigenvalue weighted by molar-refractivity contribution is -0.385. The molecule has 122 valence electrons. The molecule has 0 radical (unpaired) electrons. The lowest BCUT2D eigenvalue weighted by Gasteiger charge is -2.02. The zero-order valence-electron chi connectivity index (χ0n) is 13.2. The van der Waals surface area contributed by atoms with E-state index in [0.717, 1.165) is 41.3 Å². The minimum atomic E-state index is -0.335. The van der Waals surface area contributed by atoms with Crippen LogP contribution >= 0.6 is 0 Å². The van der Waals surface area contributed by atoms with Gasteiger partial charge in [0.05, 0.1) is 11.0 Å². The van der Waals surface area contributed by atoms with Crippen molar-refractivity contribution in [3.05, 3.63) is 63.5 Å². The van der Waals surface area contributed by atoms with Gasteiger partial charge in [-0.2, -0.15) is 0 Å². The third-order valence-corrected chi connectivity index (χ3v) is 4.61. The molecule has 0 amide bonds. The summed E-state index contributed by atoms with van der Waals surface area (Å²) >= 11 is 0. The summed E-state index contributed by atoms with van der Waals surface area (Å²) < 4.78 is 19.1. The van der Waals surface area contributed by atoms with Gasteiger partial charge in [0.15, 0.2) is 0 Å². The van der Waals surface area contributed by atoms with Crippen LogP contribution < -0.4 is 0 Å². The predicted octanol–water partition coefficient (Wildman–Crippen LogP) is 5.59. The minimum Gasteiger partial charge on any atom is -0.456 e. The van der Waals surface area contributed by atoms with Gasteiger partial charge in [0.1, 0.15) is 17.2 Å². The van der Waals surface area contributed by atoms with Gasteiger partial charge < -0.3 is 4.42 Å². The Morgan fingerprint density at radius 2 is 1.96 bits per heavy atom. The number of fused-ring (bicyclic) bond motifs is 1. The van der Waals surface area contributed by atoms with Gasteiger partial charge in [-0.25, -0.2) is 4.39 Å². The fourth-order valence-corrected chi connectivity index (χ4v) is 3.26. The van der Waals surface area contributed by atoms with Gasteiger partial charge in [0.2, 0.25) is 0 Å². The van der Waals surface area contributed by atoms with Gasteiger partial charge in [0, 0.05) is 22.1 Å². The van der Waals surface area contributed by atoms with E-state index in [1.165, 1.54) is 18.2 Å². The van der Waals surface area contributed by atoms with E-state index in [-0.39, 0.29) is 22.3 Å². The summed E-state index contributed by atoms with van der Waals surface area (Å²) in [5, 5.41) is 12.3. The van der Waals surface area contributed by atoms with Gasteiger partial charge in [-0.15, -0.1) is 0 Å². The SMILES string of the molecule is CCc1c(-c2ccc(F)cc2)oc2cc([N+](=O)[O-])c(C3CC3)cc12. The van der Waals surface area contributed by atoms with Crippen LogP contribution in [0.5, 0.6) is 0 Å². The topological polar surface area (TPSA) is 56.3 Å². The standard InChI is InChI=1S/C19H16FNO3/c1-2-14-16-9-15(11-3-4-11)17(21(22)23)10-18(16)24-19(14)12-5-7-13(20)8-6-12/h5-11H,2-4H2,1H3. The summed E-state index contributed by atoms with van der Waals surface area (Å²) in [5.74, 6) is 0.637. The second-order valence-electron chi connectivity index (χ2n) is 6.21. The Labute approximate surface area is 138 Å². The molecule has 0 saturated heterocycles. The quantitative estimate of drug-likeness (QED) is 0.464. The Balaban J connectivity index is 1.96. The van der Waals surface area contributed by atoms with Crippen molar-refractivity contribution in [1.82, 2.24) is 0 Å². The van der Waals surface area contributed by atoms with Gasteiger partial charge in [-0.3, -0.25) is 10.1 Å². The molecule has 0 atom stereocenters. The molecule has 3 aromatic rings. The molecule has 1 heterocycles. The number of furan rings is 1. The summed E-state index contributed by atoms with van der Waals surface area (Å²) in [4.78, 5) is 11.1. The first kappa shape index (κ1) is 14.9. The molecule has 4 nitrogen and oxygen atoms in total. The molecule has 5 heteroatoms. The maximum absolute atomic E-state index is 13.2. The van der Waals surface area contributed by atoms with E-state index < -0.39 is 0 Å². The normalized spacial score (nSPS) is 14.2. The van der Waals surface area contributed by atoms with Crippen LogP contribution in [-0.2, 0) is 6.42 Å². The van der Waals surface area contributed by atoms with E-state index >= 15 is 0 Å². The number of benzene rings is 2. The van der Waals surface area contributed by atoms with Crippen LogP contribution in [0.1, 0.15) is 36.8 Å². The van der Waals surface area contributed by atoms with Crippen LogP contribution in [0.4, 0.5) is 10.1 Å². The first-order chi connectivity index (χ1) is 11.6. The Bertz CT molecular complexity index is 939. The average Bonchev–Trinajstić information content (AvgIpc) is 3.35. The lowest BCUT2D eigenvalue weighted by Crippen LogP contribution is -1.94. The van der Waals surface area contributed by atoms with Crippen LogP contribution in [0.2, 0.25) is 0 Å². The van der Waals surface area contributed by atoms with E-state index in [1.54, 1.807) is 12.1 Å². The van der Waals surface area contributed by atoms with Crippen molar-refractivity contribution in [2.75, 3.05) is 0 Å². The van der Waals surface area contributed by atoms with Crippen LogP contribution in [0.25, 0.3) is 22.3 Å². The fourth-order valence-electron chi connectivity index (χ4n) is 3.26. The zero-order valence-corrected chi connectivity index (χ0v) is 13.2. The molecule has 24 heavy (non-hydrogen) atoms. The molecule has 0 unspecified atom stereocenters. The second kappa shape index (κ2) is 5.44. The molecule has 4 rings (SSSR count). The lowest BCUT2D eigenvalue weighted by atomic mass is 10.00.